The van der Waals surface area contributed by atoms with E-state index in [0.717, 1.165) is 24.1 Å². The van der Waals surface area contributed by atoms with Crippen molar-refractivity contribution >= 4 is 12.6 Å². The molecular formula is C14H17BO3. The van der Waals surface area contributed by atoms with Gasteiger partial charge in [0.2, 0.25) is 0 Å². The average Bonchev–Trinajstić information content (AvgIpc) is 2.64. The summed E-state index contributed by atoms with van der Waals surface area (Å²) >= 11 is 0. The van der Waals surface area contributed by atoms with E-state index < -0.39 is 0 Å². The Kier molecular flexibility index (Phi) is 3.14. The minimum atomic E-state index is -0.257. The highest BCUT2D eigenvalue weighted by Crippen LogP contribution is 2.34. The van der Waals surface area contributed by atoms with Crippen LogP contribution < -0.4 is 10.2 Å². The normalized spacial score (nSPS) is 21.2. The molecule has 0 saturated heterocycles. The molecule has 0 saturated carbocycles. The van der Waals surface area contributed by atoms with E-state index in [9.17, 15) is 0 Å². The van der Waals surface area contributed by atoms with E-state index in [4.69, 9.17) is 14.0 Å². The van der Waals surface area contributed by atoms with Gasteiger partial charge in [0, 0.05) is 5.46 Å². The first-order valence-corrected chi connectivity index (χ1v) is 6.51. The van der Waals surface area contributed by atoms with Gasteiger partial charge in [-0.3, -0.25) is 0 Å². The van der Waals surface area contributed by atoms with Crippen molar-refractivity contribution in [1.29, 1.82) is 0 Å². The van der Waals surface area contributed by atoms with Gasteiger partial charge >= 0.3 is 7.12 Å². The van der Waals surface area contributed by atoms with E-state index in [1.54, 1.807) is 0 Å². The van der Waals surface area contributed by atoms with Crippen molar-refractivity contribution in [2.75, 3.05) is 13.2 Å². The summed E-state index contributed by atoms with van der Waals surface area (Å²) in [7, 11) is -0.257. The van der Waals surface area contributed by atoms with Gasteiger partial charge in [-0.1, -0.05) is 19.1 Å². The van der Waals surface area contributed by atoms with Crippen LogP contribution in [0, 0.1) is 0 Å². The van der Waals surface area contributed by atoms with Gasteiger partial charge in [-0.15, -0.1) is 6.58 Å². The van der Waals surface area contributed by atoms with Crippen LogP contribution in [0.2, 0.25) is 0 Å². The van der Waals surface area contributed by atoms with Crippen LogP contribution in [0.15, 0.2) is 24.8 Å². The fourth-order valence-electron chi connectivity index (χ4n) is 2.76. The van der Waals surface area contributed by atoms with Crippen molar-refractivity contribution in [1.82, 2.24) is 0 Å². The minimum absolute atomic E-state index is 0.113. The van der Waals surface area contributed by atoms with Gasteiger partial charge in [-0.2, -0.15) is 0 Å². The number of ether oxygens (including phenoxy) is 1. The van der Waals surface area contributed by atoms with Crippen LogP contribution in [0.1, 0.15) is 30.6 Å². The maximum atomic E-state index is 5.99. The Bertz CT molecular complexity index is 472. The molecule has 3 rings (SSSR count). The first kappa shape index (κ1) is 11.8. The third-order valence-electron chi connectivity index (χ3n) is 3.53. The lowest BCUT2D eigenvalue weighted by Crippen LogP contribution is -2.31. The van der Waals surface area contributed by atoms with Crippen LogP contribution in [-0.2, 0) is 15.7 Å². The predicted molar refractivity (Wildman–Crippen MR) is 71.3 cm³/mol. The molecule has 1 atom stereocenters. The number of hydrogen-bond donors (Lipinski definition) is 0. The van der Waals surface area contributed by atoms with Gasteiger partial charge in [-0.05, 0) is 30.0 Å². The molecule has 0 unspecified atom stereocenters. The topological polar surface area (TPSA) is 27.7 Å². The Balaban J connectivity index is 2.14. The summed E-state index contributed by atoms with van der Waals surface area (Å²) in [5.74, 6) is 0.913. The second-order valence-electron chi connectivity index (χ2n) is 4.63. The number of benzene rings is 1. The molecule has 18 heavy (non-hydrogen) atoms. The Morgan fingerprint density at radius 2 is 2.33 bits per heavy atom. The Hall–Kier alpha value is -1.26. The molecule has 0 bridgehead atoms. The molecule has 2 heterocycles. The lowest BCUT2D eigenvalue weighted by molar-refractivity contribution is 0.141. The van der Waals surface area contributed by atoms with E-state index in [-0.39, 0.29) is 13.2 Å². The summed E-state index contributed by atoms with van der Waals surface area (Å²) in [4.78, 5) is 0. The zero-order chi connectivity index (χ0) is 12.5. The summed E-state index contributed by atoms with van der Waals surface area (Å²) in [6.45, 7) is 7.12. The van der Waals surface area contributed by atoms with Gasteiger partial charge in [0.1, 0.15) is 12.4 Å². The molecule has 1 aromatic carbocycles. The first-order valence-electron chi connectivity index (χ1n) is 6.51. The molecule has 4 heteroatoms. The zero-order valence-corrected chi connectivity index (χ0v) is 10.6. The number of rotatable bonds is 3. The number of hydrogen-bond acceptors (Lipinski definition) is 3. The van der Waals surface area contributed by atoms with Crippen LogP contribution in [0.25, 0.3) is 0 Å². The lowest BCUT2D eigenvalue weighted by Gasteiger charge is -2.15. The van der Waals surface area contributed by atoms with Gasteiger partial charge in [0.25, 0.3) is 0 Å². The second kappa shape index (κ2) is 4.79. The smallest absolute Gasteiger partial charge is 0.492 e. The molecule has 0 radical (unpaired) electrons. The molecular weight excluding hydrogens is 227 g/mol. The van der Waals surface area contributed by atoms with Crippen molar-refractivity contribution in [2.45, 2.75) is 25.9 Å². The van der Waals surface area contributed by atoms with E-state index in [1.807, 2.05) is 12.1 Å². The Morgan fingerprint density at radius 3 is 3.11 bits per heavy atom. The fraction of sp³-hybridized carbons (Fsp3) is 0.429. The molecule has 2 aliphatic heterocycles. The Labute approximate surface area is 108 Å². The van der Waals surface area contributed by atoms with Gasteiger partial charge in [0.15, 0.2) is 0 Å². The molecule has 0 aromatic heterocycles. The maximum absolute atomic E-state index is 5.99. The van der Waals surface area contributed by atoms with Crippen molar-refractivity contribution in [2.24, 2.45) is 0 Å². The first-order chi connectivity index (χ1) is 8.85. The van der Waals surface area contributed by atoms with Crippen LogP contribution >= 0.6 is 0 Å². The zero-order valence-electron chi connectivity index (χ0n) is 10.6. The molecule has 2 aliphatic rings. The minimum Gasteiger partial charge on any atom is -0.492 e. The summed E-state index contributed by atoms with van der Waals surface area (Å²) in [5, 5.41) is 0. The molecule has 0 fully saturated rings. The van der Waals surface area contributed by atoms with E-state index >= 15 is 0 Å². The average molecular weight is 244 g/mol. The van der Waals surface area contributed by atoms with Gasteiger partial charge < -0.3 is 14.0 Å². The van der Waals surface area contributed by atoms with Crippen molar-refractivity contribution in [3.8, 4) is 5.75 Å². The second-order valence-corrected chi connectivity index (χ2v) is 4.63. The quantitative estimate of drug-likeness (QED) is 0.601. The van der Waals surface area contributed by atoms with Crippen LogP contribution in [0.5, 0.6) is 5.75 Å². The third-order valence-corrected chi connectivity index (χ3v) is 3.53. The lowest BCUT2D eigenvalue weighted by atomic mass is 9.76. The van der Waals surface area contributed by atoms with E-state index in [2.05, 4.69) is 19.6 Å². The third kappa shape index (κ3) is 1.76. The molecule has 3 nitrogen and oxygen atoms in total. The predicted octanol–water partition coefficient (Wildman–Crippen LogP) is 2.00. The van der Waals surface area contributed by atoms with Crippen molar-refractivity contribution < 1.29 is 14.0 Å². The van der Waals surface area contributed by atoms with E-state index in [0.29, 0.717) is 13.2 Å². The summed E-state index contributed by atoms with van der Waals surface area (Å²) in [6.07, 6.45) is 3.84. The fourth-order valence-corrected chi connectivity index (χ4v) is 2.76. The Morgan fingerprint density at radius 1 is 1.44 bits per heavy atom. The van der Waals surface area contributed by atoms with Crippen molar-refractivity contribution in [3.63, 3.8) is 0 Å². The highest BCUT2D eigenvalue weighted by Gasteiger charge is 2.41. The molecule has 0 aliphatic carbocycles. The molecule has 0 spiro atoms. The highest BCUT2D eigenvalue weighted by molar-refractivity contribution is 6.64. The number of allylic oxidation sites excluding steroid dienone is 1. The molecule has 1 aromatic rings. The maximum Gasteiger partial charge on any atom is 0.498 e. The summed E-state index contributed by atoms with van der Waals surface area (Å²) in [5.41, 5.74) is 3.62. The summed E-state index contributed by atoms with van der Waals surface area (Å²) < 4.78 is 17.5. The SMILES string of the molecule is C=CCc1ccc2c3c1[C@@H](CC)OB3OCCO2. The largest absolute Gasteiger partial charge is 0.498 e. The molecule has 0 N–H and O–H groups in total. The monoisotopic (exact) mass is 244 g/mol. The van der Waals surface area contributed by atoms with E-state index in [1.165, 1.54) is 11.1 Å². The summed E-state index contributed by atoms with van der Waals surface area (Å²) in [6, 6.07) is 4.15. The molecule has 94 valence electrons. The standard InChI is InChI=1S/C14H17BO3/c1-3-5-10-6-7-12-14-13(10)11(4-2)18-15(14)17-9-8-16-12/h3,6-7,11H,1,4-5,8-9H2,2H3/t11-/m1/s1. The van der Waals surface area contributed by atoms with Crippen LogP contribution in [0.4, 0.5) is 0 Å². The van der Waals surface area contributed by atoms with Gasteiger partial charge in [-0.25, -0.2) is 0 Å². The van der Waals surface area contributed by atoms with Crippen molar-refractivity contribution in [3.05, 3.63) is 35.9 Å². The highest BCUT2D eigenvalue weighted by atomic mass is 16.6. The van der Waals surface area contributed by atoms with Crippen LogP contribution in [-0.4, -0.2) is 20.3 Å². The van der Waals surface area contributed by atoms with Gasteiger partial charge in [0.05, 0.1) is 12.7 Å². The van der Waals surface area contributed by atoms with Crippen LogP contribution in [0.3, 0.4) is 0 Å². The molecule has 0 amide bonds.